The summed E-state index contributed by atoms with van der Waals surface area (Å²) in [5, 5.41) is 0. The summed E-state index contributed by atoms with van der Waals surface area (Å²) in [6.07, 6.45) is 2.04. The molecule has 2 N–H and O–H groups in total. The fraction of sp³-hybridized carbons (Fsp3) is 0.500. The van der Waals surface area contributed by atoms with Gasteiger partial charge in [0.1, 0.15) is 0 Å². The number of primary amides is 1. The minimum Gasteiger partial charge on any atom is -0.369 e. The van der Waals surface area contributed by atoms with E-state index in [1.807, 2.05) is 4.90 Å². The van der Waals surface area contributed by atoms with Gasteiger partial charge in [0.15, 0.2) is 0 Å². The third-order valence-electron chi connectivity index (χ3n) is 3.67. The third kappa shape index (κ3) is 4.24. The monoisotopic (exact) mass is 306 g/mol. The first kappa shape index (κ1) is 15.9. The average Bonchev–Trinajstić information content (AvgIpc) is 2.86. The highest BCUT2D eigenvalue weighted by Crippen LogP contribution is 2.33. The molecule has 1 heterocycles. The number of likely N-dealkylation sites (tertiary alicyclic amines) is 1. The average molecular weight is 306 g/mol. The van der Waals surface area contributed by atoms with E-state index in [1.54, 1.807) is 0 Å². The summed E-state index contributed by atoms with van der Waals surface area (Å²) >= 11 is 1.29. The number of carbonyl (C=O) groups excluding carboxylic acids is 2. The van der Waals surface area contributed by atoms with Crippen LogP contribution in [-0.2, 0) is 9.59 Å². The van der Waals surface area contributed by atoms with Crippen LogP contribution in [0.4, 0.5) is 0 Å². The Bertz CT molecular complexity index is 525. The van der Waals surface area contributed by atoms with Crippen LogP contribution in [0.25, 0.3) is 0 Å². The van der Waals surface area contributed by atoms with Crippen molar-refractivity contribution in [3.63, 3.8) is 0 Å². The summed E-state index contributed by atoms with van der Waals surface area (Å²) in [5.74, 6) is 0.251. The highest BCUT2D eigenvalue weighted by atomic mass is 32.2. The maximum atomic E-state index is 12.3. The maximum Gasteiger partial charge on any atom is 0.233 e. The van der Waals surface area contributed by atoms with Crippen molar-refractivity contribution >= 4 is 23.6 Å². The van der Waals surface area contributed by atoms with Gasteiger partial charge in [0.05, 0.1) is 17.5 Å². The molecule has 0 unspecified atom stereocenters. The molecule has 0 spiro atoms. The molecule has 0 radical (unpaired) electrons. The standard InChI is InChI=1S/C16H22N2O2S/c1-11-6-12(2)8-13(7-11)14-4-3-5-18(14)16(20)10-21-9-15(17)19/h6-8,14H,3-5,9-10H2,1-2H3,(H2,17,19)/t14-/m0/s1. The molecule has 1 aromatic rings. The predicted octanol–water partition coefficient (Wildman–Crippen LogP) is 2.19. The number of nitrogens with two attached hydrogens (primary N) is 1. The summed E-state index contributed by atoms with van der Waals surface area (Å²) in [7, 11) is 0. The second-order valence-electron chi connectivity index (χ2n) is 5.63. The molecule has 1 fully saturated rings. The number of thioether (sulfide) groups is 1. The number of amides is 2. The van der Waals surface area contributed by atoms with Crippen molar-refractivity contribution in [2.45, 2.75) is 32.7 Å². The van der Waals surface area contributed by atoms with E-state index in [1.165, 1.54) is 28.5 Å². The fourth-order valence-electron chi connectivity index (χ4n) is 2.94. The summed E-state index contributed by atoms with van der Waals surface area (Å²) in [6.45, 7) is 4.97. The molecule has 1 aromatic carbocycles. The van der Waals surface area contributed by atoms with Crippen LogP contribution in [0.1, 0.15) is 35.6 Å². The SMILES string of the molecule is Cc1cc(C)cc([C@@H]2CCCN2C(=O)CSCC(N)=O)c1. The molecule has 1 aliphatic rings. The molecule has 1 saturated heterocycles. The second-order valence-corrected chi connectivity index (χ2v) is 6.61. The van der Waals surface area contributed by atoms with E-state index < -0.39 is 0 Å². The van der Waals surface area contributed by atoms with Crippen LogP contribution in [0, 0.1) is 13.8 Å². The van der Waals surface area contributed by atoms with Gasteiger partial charge in [-0.3, -0.25) is 9.59 Å². The number of benzene rings is 1. The summed E-state index contributed by atoms with van der Waals surface area (Å²) < 4.78 is 0. The first-order valence-corrected chi connectivity index (χ1v) is 8.36. The summed E-state index contributed by atoms with van der Waals surface area (Å²) in [5.41, 5.74) is 8.78. The minimum absolute atomic E-state index is 0.0999. The lowest BCUT2D eigenvalue weighted by molar-refractivity contribution is -0.129. The molecule has 0 aliphatic carbocycles. The van der Waals surface area contributed by atoms with E-state index in [-0.39, 0.29) is 23.6 Å². The Balaban J connectivity index is 2.05. The first-order chi connectivity index (χ1) is 9.97. The quantitative estimate of drug-likeness (QED) is 0.907. The Morgan fingerprint density at radius 1 is 1.24 bits per heavy atom. The van der Waals surface area contributed by atoms with Crippen molar-refractivity contribution in [2.24, 2.45) is 5.73 Å². The van der Waals surface area contributed by atoms with E-state index in [9.17, 15) is 9.59 Å². The topological polar surface area (TPSA) is 63.4 Å². The number of carbonyl (C=O) groups is 2. The zero-order valence-electron chi connectivity index (χ0n) is 12.6. The van der Waals surface area contributed by atoms with Crippen molar-refractivity contribution < 1.29 is 9.59 Å². The zero-order valence-corrected chi connectivity index (χ0v) is 13.4. The Morgan fingerprint density at radius 3 is 2.52 bits per heavy atom. The van der Waals surface area contributed by atoms with E-state index in [2.05, 4.69) is 32.0 Å². The van der Waals surface area contributed by atoms with Gasteiger partial charge >= 0.3 is 0 Å². The Kier molecular flexibility index (Phi) is 5.28. The van der Waals surface area contributed by atoms with Crippen LogP contribution in [0.3, 0.4) is 0 Å². The maximum absolute atomic E-state index is 12.3. The van der Waals surface area contributed by atoms with Crippen molar-refractivity contribution in [2.75, 3.05) is 18.1 Å². The number of hydrogen-bond donors (Lipinski definition) is 1. The largest absolute Gasteiger partial charge is 0.369 e. The van der Waals surface area contributed by atoms with E-state index in [0.29, 0.717) is 5.75 Å². The van der Waals surface area contributed by atoms with E-state index in [0.717, 1.165) is 19.4 Å². The highest BCUT2D eigenvalue weighted by molar-refractivity contribution is 8.00. The minimum atomic E-state index is -0.375. The molecule has 1 atom stereocenters. The number of nitrogens with zero attached hydrogens (tertiary/aromatic N) is 1. The third-order valence-corrected chi connectivity index (χ3v) is 4.61. The van der Waals surface area contributed by atoms with E-state index >= 15 is 0 Å². The van der Waals surface area contributed by atoms with Gasteiger partial charge in [-0.2, -0.15) is 0 Å². The van der Waals surface area contributed by atoms with Crippen LogP contribution in [0.2, 0.25) is 0 Å². The number of rotatable bonds is 5. The molecule has 0 aromatic heterocycles. The molecule has 4 nitrogen and oxygen atoms in total. The molecule has 114 valence electrons. The molecule has 21 heavy (non-hydrogen) atoms. The van der Waals surface area contributed by atoms with Crippen LogP contribution >= 0.6 is 11.8 Å². The highest BCUT2D eigenvalue weighted by Gasteiger charge is 2.29. The lowest BCUT2D eigenvalue weighted by Crippen LogP contribution is -2.32. The molecule has 0 saturated carbocycles. The van der Waals surface area contributed by atoms with Crippen molar-refractivity contribution in [3.8, 4) is 0 Å². The van der Waals surface area contributed by atoms with Gasteiger partial charge < -0.3 is 10.6 Å². The Labute approximate surface area is 130 Å². The number of hydrogen-bond acceptors (Lipinski definition) is 3. The van der Waals surface area contributed by atoms with Crippen LogP contribution in [-0.4, -0.2) is 34.8 Å². The Hall–Kier alpha value is -1.49. The zero-order chi connectivity index (χ0) is 15.4. The van der Waals surface area contributed by atoms with Crippen molar-refractivity contribution in [1.29, 1.82) is 0 Å². The molecule has 2 amide bonds. The lowest BCUT2D eigenvalue weighted by atomic mass is 9.99. The molecule has 1 aliphatic heterocycles. The number of aryl methyl sites for hydroxylation is 2. The second kappa shape index (κ2) is 6.98. The smallest absolute Gasteiger partial charge is 0.233 e. The molecular weight excluding hydrogens is 284 g/mol. The van der Waals surface area contributed by atoms with Crippen molar-refractivity contribution in [1.82, 2.24) is 4.90 Å². The van der Waals surface area contributed by atoms with Gasteiger partial charge in [0.25, 0.3) is 0 Å². The van der Waals surface area contributed by atoms with Crippen LogP contribution in [0.5, 0.6) is 0 Å². The van der Waals surface area contributed by atoms with Gasteiger partial charge in [-0.05, 0) is 32.3 Å². The summed E-state index contributed by atoms with van der Waals surface area (Å²) in [4.78, 5) is 25.0. The normalized spacial score (nSPS) is 18.0. The van der Waals surface area contributed by atoms with E-state index in [4.69, 9.17) is 5.73 Å². The van der Waals surface area contributed by atoms with Crippen LogP contribution < -0.4 is 5.73 Å². The van der Waals surface area contributed by atoms with Gasteiger partial charge in [-0.1, -0.05) is 29.3 Å². The lowest BCUT2D eigenvalue weighted by Gasteiger charge is -2.25. The first-order valence-electron chi connectivity index (χ1n) is 7.21. The molecular formula is C16H22N2O2S. The molecule has 2 rings (SSSR count). The Morgan fingerprint density at radius 2 is 1.90 bits per heavy atom. The molecule has 5 heteroatoms. The summed E-state index contributed by atoms with van der Waals surface area (Å²) in [6, 6.07) is 6.65. The van der Waals surface area contributed by atoms with Crippen LogP contribution in [0.15, 0.2) is 18.2 Å². The van der Waals surface area contributed by atoms with Gasteiger partial charge in [-0.25, -0.2) is 0 Å². The van der Waals surface area contributed by atoms with Crippen molar-refractivity contribution in [3.05, 3.63) is 34.9 Å². The fourth-order valence-corrected chi connectivity index (χ4v) is 3.58. The van der Waals surface area contributed by atoms with Gasteiger partial charge in [-0.15, -0.1) is 11.8 Å². The van der Waals surface area contributed by atoms with Gasteiger partial charge in [0, 0.05) is 6.54 Å². The molecule has 0 bridgehead atoms. The van der Waals surface area contributed by atoms with Gasteiger partial charge in [0.2, 0.25) is 11.8 Å². The predicted molar refractivity (Wildman–Crippen MR) is 86.1 cm³/mol.